The van der Waals surface area contributed by atoms with E-state index in [4.69, 9.17) is 11.6 Å². The van der Waals surface area contributed by atoms with Crippen molar-refractivity contribution in [2.24, 2.45) is 0 Å². The maximum atomic E-state index is 6.03. The zero-order chi connectivity index (χ0) is 10.7. The van der Waals surface area contributed by atoms with Gasteiger partial charge in [0, 0.05) is 11.5 Å². The summed E-state index contributed by atoms with van der Waals surface area (Å²) >= 11 is 7.75. The molecule has 1 rings (SSSR count). The van der Waals surface area contributed by atoms with Crippen LogP contribution in [0.15, 0.2) is 5.03 Å². The van der Waals surface area contributed by atoms with E-state index < -0.39 is 0 Å². The molecule has 14 heavy (non-hydrogen) atoms. The Morgan fingerprint density at radius 3 is 2.50 bits per heavy atom. The Labute approximate surface area is 94.5 Å². The number of hydrogen-bond acceptors (Lipinski definition) is 3. The van der Waals surface area contributed by atoms with Gasteiger partial charge in [0.05, 0.1) is 0 Å². The second-order valence-electron chi connectivity index (χ2n) is 3.39. The van der Waals surface area contributed by atoms with Gasteiger partial charge in [0.2, 0.25) is 0 Å². The molecular formula is C10H15ClN2S. The highest BCUT2D eigenvalue weighted by atomic mass is 35.5. The molecule has 1 aromatic heterocycles. The molecule has 0 aliphatic heterocycles. The summed E-state index contributed by atoms with van der Waals surface area (Å²) in [6, 6.07) is 0. The molecule has 0 aliphatic carbocycles. The molecule has 0 aromatic carbocycles. The monoisotopic (exact) mass is 230 g/mol. The van der Waals surface area contributed by atoms with Crippen molar-refractivity contribution in [2.75, 3.05) is 5.75 Å². The summed E-state index contributed by atoms with van der Waals surface area (Å²) in [4.78, 5) is 8.75. The van der Waals surface area contributed by atoms with Crippen molar-refractivity contribution >= 4 is 23.4 Å². The number of thioether (sulfide) groups is 1. The Hall–Kier alpha value is -0.280. The third-order valence-electron chi connectivity index (χ3n) is 1.86. The molecule has 0 unspecified atom stereocenters. The lowest BCUT2D eigenvalue weighted by Crippen LogP contribution is -2.01. The molecule has 0 bridgehead atoms. The Kier molecular flexibility index (Phi) is 4.20. The summed E-state index contributed by atoms with van der Waals surface area (Å²) in [6.45, 7) is 8.21. The first kappa shape index (κ1) is 11.8. The van der Waals surface area contributed by atoms with Crippen molar-refractivity contribution in [3.05, 3.63) is 16.5 Å². The van der Waals surface area contributed by atoms with Gasteiger partial charge in [-0.25, -0.2) is 9.97 Å². The topological polar surface area (TPSA) is 25.8 Å². The van der Waals surface area contributed by atoms with Crippen LogP contribution in [0.25, 0.3) is 0 Å². The maximum absolute atomic E-state index is 6.03. The Bertz CT molecular complexity index is 326. The van der Waals surface area contributed by atoms with Crippen LogP contribution < -0.4 is 0 Å². The molecule has 0 N–H and O–H groups in total. The van der Waals surface area contributed by atoms with Gasteiger partial charge in [0.15, 0.2) is 0 Å². The van der Waals surface area contributed by atoms with Crippen LogP contribution in [0.5, 0.6) is 0 Å². The molecule has 0 amide bonds. The molecule has 0 radical (unpaired) electrons. The predicted molar refractivity (Wildman–Crippen MR) is 62.3 cm³/mol. The van der Waals surface area contributed by atoms with Gasteiger partial charge < -0.3 is 0 Å². The van der Waals surface area contributed by atoms with E-state index in [0.717, 1.165) is 22.2 Å². The molecule has 2 nitrogen and oxygen atoms in total. The van der Waals surface area contributed by atoms with Crippen LogP contribution >= 0.6 is 23.4 Å². The number of hydrogen-bond donors (Lipinski definition) is 0. The zero-order valence-electron chi connectivity index (χ0n) is 8.97. The molecule has 78 valence electrons. The van der Waals surface area contributed by atoms with Crippen molar-refractivity contribution in [3.8, 4) is 0 Å². The molecule has 1 heterocycles. The minimum Gasteiger partial charge on any atom is -0.226 e. The second-order valence-corrected chi connectivity index (χ2v) is 5.00. The minimum atomic E-state index is 0.323. The van der Waals surface area contributed by atoms with Crippen molar-refractivity contribution in [3.63, 3.8) is 0 Å². The molecule has 0 fully saturated rings. The van der Waals surface area contributed by atoms with Gasteiger partial charge in [-0.1, -0.05) is 32.4 Å². The first-order chi connectivity index (χ1) is 6.56. The maximum Gasteiger partial charge on any atom is 0.136 e. The van der Waals surface area contributed by atoms with Gasteiger partial charge in [-0.05, 0) is 12.7 Å². The van der Waals surface area contributed by atoms with Gasteiger partial charge in [-0.3, -0.25) is 0 Å². The van der Waals surface area contributed by atoms with Crippen LogP contribution in [0.2, 0.25) is 5.15 Å². The van der Waals surface area contributed by atoms with Crippen molar-refractivity contribution in [1.29, 1.82) is 0 Å². The van der Waals surface area contributed by atoms with Gasteiger partial charge in [-0.15, -0.1) is 11.8 Å². The highest BCUT2D eigenvalue weighted by Crippen LogP contribution is 2.26. The van der Waals surface area contributed by atoms with Crippen LogP contribution in [0, 0.1) is 6.92 Å². The van der Waals surface area contributed by atoms with Crippen molar-refractivity contribution < 1.29 is 0 Å². The fourth-order valence-electron chi connectivity index (χ4n) is 1.02. The van der Waals surface area contributed by atoms with Crippen LogP contribution in [0.3, 0.4) is 0 Å². The summed E-state index contributed by atoms with van der Waals surface area (Å²) in [5.74, 6) is 2.16. The van der Waals surface area contributed by atoms with Gasteiger partial charge in [-0.2, -0.15) is 0 Å². The highest BCUT2D eigenvalue weighted by molar-refractivity contribution is 7.99. The second kappa shape index (κ2) is 4.99. The van der Waals surface area contributed by atoms with Crippen LogP contribution in [-0.2, 0) is 0 Å². The Balaban J connectivity index is 3.14. The number of aromatic nitrogens is 2. The summed E-state index contributed by atoms with van der Waals surface area (Å²) in [5, 5.41) is 1.59. The average molecular weight is 231 g/mol. The number of halogens is 1. The van der Waals surface area contributed by atoms with E-state index in [1.807, 2.05) is 6.92 Å². The van der Waals surface area contributed by atoms with E-state index >= 15 is 0 Å². The summed E-state index contributed by atoms with van der Waals surface area (Å²) in [7, 11) is 0. The average Bonchev–Trinajstić information content (AvgIpc) is 2.12. The number of rotatable bonds is 3. The van der Waals surface area contributed by atoms with Crippen molar-refractivity contribution in [2.45, 2.75) is 38.6 Å². The molecule has 0 atom stereocenters. The van der Waals surface area contributed by atoms with E-state index in [0.29, 0.717) is 11.1 Å². The normalized spacial score (nSPS) is 11.0. The minimum absolute atomic E-state index is 0.323. The first-order valence-electron chi connectivity index (χ1n) is 4.73. The molecule has 0 spiro atoms. The van der Waals surface area contributed by atoms with Gasteiger partial charge in [0.25, 0.3) is 0 Å². The Morgan fingerprint density at radius 2 is 2.00 bits per heavy atom. The summed E-state index contributed by atoms with van der Waals surface area (Å²) < 4.78 is 0. The molecular weight excluding hydrogens is 216 g/mol. The molecule has 4 heteroatoms. The molecule has 1 aromatic rings. The van der Waals surface area contributed by atoms with Crippen LogP contribution in [-0.4, -0.2) is 15.7 Å². The fraction of sp³-hybridized carbons (Fsp3) is 0.600. The van der Waals surface area contributed by atoms with Gasteiger partial charge >= 0.3 is 0 Å². The molecule has 0 saturated heterocycles. The lowest BCUT2D eigenvalue weighted by molar-refractivity contribution is 0.747. The third-order valence-corrected chi connectivity index (χ3v) is 3.18. The third kappa shape index (κ3) is 2.61. The van der Waals surface area contributed by atoms with Crippen molar-refractivity contribution in [1.82, 2.24) is 9.97 Å². The van der Waals surface area contributed by atoms with E-state index in [1.165, 1.54) is 0 Å². The zero-order valence-corrected chi connectivity index (χ0v) is 10.5. The van der Waals surface area contributed by atoms with Crippen LogP contribution in [0.4, 0.5) is 0 Å². The molecule has 0 saturated carbocycles. The largest absolute Gasteiger partial charge is 0.226 e. The predicted octanol–water partition coefficient (Wildman–Crippen LogP) is 3.67. The molecule has 0 aliphatic rings. The lowest BCUT2D eigenvalue weighted by atomic mass is 10.2. The fourth-order valence-corrected chi connectivity index (χ4v) is 2.00. The highest BCUT2D eigenvalue weighted by Gasteiger charge is 2.11. The van der Waals surface area contributed by atoms with E-state index in [-0.39, 0.29) is 0 Å². The summed E-state index contributed by atoms with van der Waals surface area (Å²) in [6.07, 6.45) is 0. The quantitative estimate of drug-likeness (QED) is 0.585. The van der Waals surface area contributed by atoms with E-state index in [1.54, 1.807) is 11.8 Å². The van der Waals surface area contributed by atoms with E-state index in [2.05, 4.69) is 30.7 Å². The van der Waals surface area contributed by atoms with Crippen LogP contribution in [0.1, 0.15) is 38.1 Å². The Morgan fingerprint density at radius 1 is 1.36 bits per heavy atom. The number of nitrogens with zero attached hydrogens (tertiary/aromatic N) is 2. The first-order valence-corrected chi connectivity index (χ1v) is 6.09. The van der Waals surface area contributed by atoms with E-state index in [9.17, 15) is 0 Å². The smallest absolute Gasteiger partial charge is 0.136 e. The van der Waals surface area contributed by atoms with Gasteiger partial charge in [0.1, 0.15) is 16.0 Å². The lowest BCUT2D eigenvalue weighted by Gasteiger charge is -2.09. The SMILES string of the molecule is CCSc1nc(C(C)C)nc(Cl)c1C. The standard InChI is InChI=1S/C10H15ClN2S/c1-5-14-10-7(4)8(11)12-9(13-10)6(2)3/h6H,5H2,1-4H3. The summed E-state index contributed by atoms with van der Waals surface area (Å²) in [5.41, 5.74) is 0.989.